The van der Waals surface area contributed by atoms with Gasteiger partial charge in [-0.1, -0.05) is 13.8 Å². The number of hydrazine groups is 1. The van der Waals surface area contributed by atoms with Gasteiger partial charge in [0.25, 0.3) is 0 Å². The molecule has 0 aromatic carbocycles. The van der Waals surface area contributed by atoms with Gasteiger partial charge in [0, 0.05) is 6.54 Å². The first-order chi connectivity index (χ1) is 4.63. The van der Waals surface area contributed by atoms with Gasteiger partial charge in [0.05, 0.1) is 5.92 Å². The van der Waals surface area contributed by atoms with E-state index < -0.39 is 0 Å². The molecule has 5 N–H and O–H groups in total. The van der Waals surface area contributed by atoms with E-state index in [9.17, 15) is 4.79 Å². The van der Waals surface area contributed by atoms with Gasteiger partial charge in [-0.25, -0.2) is 5.84 Å². The van der Waals surface area contributed by atoms with Gasteiger partial charge in [-0.3, -0.25) is 10.2 Å². The maximum Gasteiger partial charge on any atom is 0.238 e. The Hall–Kier alpha value is -0.610. The van der Waals surface area contributed by atoms with Gasteiger partial charge in [0.1, 0.15) is 0 Å². The lowest BCUT2D eigenvalue weighted by atomic mass is 9.95. The molecule has 1 atom stereocenters. The van der Waals surface area contributed by atoms with E-state index in [0.29, 0.717) is 6.54 Å². The highest BCUT2D eigenvalue weighted by atomic mass is 16.2. The molecule has 0 spiro atoms. The van der Waals surface area contributed by atoms with Crippen molar-refractivity contribution >= 4 is 5.91 Å². The highest BCUT2D eigenvalue weighted by Crippen LogP contribution is 2.07. The molecule has 0 rings (SSSR count). The van der Waals surface area contributed by atoms with E-state index in [1.807, 2.05) is 13.8 Å². The minimum absolute atomic E-state index is 0.162. The zero-order chi connectivity index (χ0) is 8.15. The molecular formula is C6H15N3O. The molecule has 0 radical (unpaired) electrons. The SMILES string of the molecule is CC(C)C(CN)C(=O)NN. The maximum atomic E-state index is 10.9. The zero-order valence-corrected chi connectivity index (χ0v) is 6.42. The fourth-order valence-corrected chi connectivity index (χ4v) is 0.789. The van der Waals surface area contributed by atoms with Crippen LogP contribution in [-0.4, -0.2) is 12.5 Å². The van der Waals surface area contributed by atoms with E-state index in [-0.39, 0.29) is 17.7 Å². The summed E-state index contributed by atoms with van der Waals surface area (Å²) in [6, 6.07) is 0. The lowest BCUT2D eigenvalue weighted by molar-refractivity contribution is -0.126. The molecule has 0 aliphatic carbocycles. The Balaban J connectivity index is 3.93. The molecule has 0 saturated carbocycles. The molecule has 1 amide bonds. The summed E-state index contributed by atoms with van der Waals surface area (Å²) in [5, 5.41) is 0. The van der Waals surface area contributed by atoms with E-state index >= 15 is 0 Å². The van der Waals surface area contributed by atoms with Gasteiger partial charge in [0.2, 0.25) is 5.91 Å². The molecule has 0 bridgehead atoms. The molecule has 10 heavy (non-hydrogen) atoms. The Bertz CT molecular complexity index is 114. The van der Waals surface area contributed by atoms with Crippen LogP contribution in [0.3, 0.4) is 0 Å². The third-order valence-electron chi connectivity index (χ3n) is 1.54. The predicted molar refractivity (Wildman–Crippen MR) is 39.7 cm³/mol. The van der Waals surface area contributed by atoms with Crippen LogP contribution < -0.4 is 17.0 Å². The van der Waals surface area contributed by atoms with Crippen LogP contribution in [0.1, 0.15) is 13.8 Å². The van der Waals surface area contributed by atoms with Crippen LogP contribution in [0, 0.1) is 11.8 Å². The van der Waals surface area contributed by atoms with E-state index in [1.165, 1.54) is 0 Å². The maximum absolute atomic E-state index is 10.9. The first-order valence-corrected chi connectivity index (χ1v) is 3.34. The van der Waals surface area contributed by atoms with Crippen LogP contribution in [-0.2, 0) is 4.79 Å². The van der Waals surface area contributed by atoms with Crippen molar-refractivity contribution in [2.24, 2.45) is 23.4 Å². The van der Waals surface area contributed by atoms with Crippen LogP contribution in [0.5, 0.6) is 0 Å². The van der Waals surface area contributed by atoms with Gasteiger partial charge in [-0.2, -0.15) is 0 Å². The minimum Gasteiger partial charge on any atom is -0.330 e. The summed E-state index contributed by atoms with van der Waals surface area (Å²) < 4.78 is 0. The van der Waals surface area contributed by atoms with Crippen LogP contribution in [0.15, 0.2) is 0 Å². The van der Waals surface area contributed by atoms with Crippen molar-refractivity contribution in [3.05, 3.63) is 0 Å². The van der Waals surface area contributed by atoms with Gasteiger partial charge < -0.3 is 5.73 Å². The Labute approximate surface area is 60.9 Å². The highest BCUT2D eigenvalue weighted by molar-refractivity contribution is 5.78. The normalized spacial score (nSPS) is 13.3. The number of carbonyl (C=O) groups is 1. The Morgan fingerprint density at radius 2 is 2.10 bits per heavy atom. The molecule has 0 fully saturated rings. The number of nitrogens with two attached hydrogens (primary N) is 2. The lowest BCUT2D eigenvalue weighted by Gasteiger charge is -2.15. The second kappa shape index (κ2) is 4.24. The van der Waals surface area contributed by atoms with E-state index in [1.54, 1.807) is 0 Å². The molecule has 1 unspecified atom stereocenters. The largest absolute Gasteiger partial charge is 0.330 e. The van der Waals surface area contributed by atoms with Gasteiger partial charge in [0.15, 0.2) is 0 Å². The second-order valence-electron chi connectivity index (χ2n) is 2.59. The number of amides is 1. The highest BCUT2D eigenvalue weighted by Gasteiger charge is 2.18. The Morgan fingerprint density at radius 1 is 1.60 bits per heavy atom. The summed E-state index contributed by atoms with van der Waals surface area (Å²) in [6.07, 6.45) is 0. The summed E-state index contributed by atoms with van der Waals surface area (Å²) >= 11 is 0. The summed E-state index contributed by atoms with van der Waals surface area (Å²) in [6.45, 7) is 4.22. The third-order valence-corrected chi connectivity index (χ3v) is 1.54. The number of hydrogen-bond donors (Lipinski definition) is 3. The molecular weight excluding hydrogens is 130 g/mol. The zero-order valence-electron chi connectivity index (χ0n) is 6.42. The predicted octanol–water partition coefficient (Wildman–Crippen LogP) is -0.793. The standard InChI is InChI=1S/C6H15N3O/c1-4(2)5(3-7)6(10)9-8/h4-5H,3,7-8H2,1-2H3,(H,9,10). The Morgan fingerprint density at radius 3 is 2.20 bits per heavy atom. The number of nitrogens with one attached hydrogen (secondary N) is 1. The molecule has 4 heteroatoms. The number of carbonyl (C=O) groups excluding carboxylic acids is 1. The molecule has 0 aliphatic rings. The van der Waals surface area contributed by atoms with Crippen molar-refractivity contribution in [2.45, 2.75) is 13.8 Å². The first kappa shape index (κ1) is 9.39. The van der Waals surface area contributed by atoms with Crippen LogP contribution in [0.2, 0.25) is 0 Å². The van der Waals surface area contributed by atoms with Crippen LogP contribution in [0.25, 0.3) is 0 Å². The smallest absolute Gasteiger partial charge is 0.238 e. The van der Waals surface area contributed by atoms with Crippen molar-refractivity contribution in [3.8, 4) is 0 Å². The van der Waals surface area contributed by atoms with E-state index in [2.05, 4.69) is 5.43 Å². The van der Waals surface area contributed by atoms with Crippen LogP contribution >= 0.6 is 0 Å². The fraction of sp³-hybridized carbons (Fsp3) is 0.833. The van der Waals surface area contributed by atoms with Crippen molar-refractivity contribution in [1.82, 2.24) is 5.43 Å². The molecule has 4 nitrogen and oxygen atoms in total. The average Bonchev–Trinajstić information content (AvgIpc) is 1.88. The van der Waals surface area contributed by atoms with E-state index in [4.69, 9.17) is 11.6 Å². The summed E-state index contributed by atoms with van der Waals surface area (Å²) in [4.78, 5) is 10.9. The average molecular weight is 145 g/mol. The van der Waals surface area contributed by atoms with Gasteiger partial charge in [-0.15, -0.1) is 0 Å². The monoisotopic (exact) mass is 145 g/mol. The summed E-state index contributed by atoms with van der Waals surface area (Å²) in [7, 11) is 0. The number of hydrogen-bond acceptors (Lipinski definition) is 3. The van der Waals surface area contributed by atoms with Crippen molar-refractivity contribution in [3.63, 3.8) is 0 Å². The van der Waals surface area contributed by atoms with Gasteiger partial charge >= 0.3 is 0 Å². The van der Waals surface area contributed by atoms with Crippen molar-refractivity contribution in [1.29, 1.82) is 0 Å². The van der Waals surface area contributed by atoms with E-state index in [0.717, 1.165) is 0 Å². The molecule has 0 heterocycles. The lowest BCUT2D eigenvalue weighted by Crippen LogP contribution is -2.41. The second-order valence-corrected chi connectivity index (χ2v) is 2.59. The molecule has 0 aromatic rings. The molecule has 0 aliphatic heterocycles. The van der Waals surface area contributed by atoms with Gasteiger partial charge in [-0.05, 0) is 5.92 Å². The molecule has 0 aromatic heterocycles. The topological polar surface area (TPSA) is 81.1 Å². The Kier molecular flexibility index (Phi) is 3.99. The summed E-state index contributed by atoms with van der Waals surface area (Å²) in [5.41, 5.74) is 7.41. The molecule has 60 valence electrons. The van der Waals surface area contributed by atoms with Crippen molar-refractivity contribution in [2.75, 3.05) is 6.54 Å². The quantitative estimate of drug-likeness (QED) is 0.276. The summed E-state index contributed by atoms with van der Waals surface area (Å²) in [5.74, 6) is 4.83. The third kappa shape index (κ3) is 2.33. The fourth-order valence-electron chi connectivity index (χ4n) is 0.789. The van der Waals surface area contributed by atoms with Crippen molar-refractivity contribution < 1.29 is 4.79 Å². The number of rotatable bonds is 3. The first-order valence-electron chi connectivity index (χ1n) is 3.34. The minimum atomic E-state index is -0.183. The van der Waals surface area contributed by atoms with Crippen LogP contribution in [0.4, 0.5) is 0 Å². The molecule has 0 saturated heterocycles.